The van der Waals surface area contributed by atoms with Crippen LogP contribution in [0.15, 0.2) is 328 Å². The molecule has 0 radical (unpaired) electrons. The smallest absolute Gasteiger partial charge is 0.227 e. The van der Waals surface area contributed by atoms with E-state index < -0.39 is 24.0 Å². The first kappa shape index (κ1) is 78.8. The average molecular weight is 1520 g/mol. The van der Waals surface area contributed by atoms with E-state index in [9.17, 15) is 0 Å². The first-order chi connectivity index (χ1) is 56.7. The molecule has 0 heterocycles. The Labute approximate surface area is 685 Å². The van der Waals surface area contributed by atoms with Gasteiger partial charge in [-0.2, -0.15) is 0 Å². The van der Waals surface area contributed by atoms with E-state index in [0.717, 1.165) is 171 Å². The number of nitrogens with zero attached hydrogens (tertiary/aromatic N) is 2. The Morgan fingerprint density at radius 3 is 0.776 bits per heavy atom. The summed E-state index contributed by atoms with van der Waals surface area (Å²) >= 11 is 0. The van der Waals surface area contributed by atoms with Gasteiger partial charge in [0, 0.05) is 57.3 Å². The summed E-state index contributed by atoms with van der Waals surface area (Å²) in [6.45, 7) is 17.0. The predicted molar refractivity (Wildman–Crippen MR) is 482 cm³/mol. The Bertz CT molecular complexity index is 5170. The number of unbranched alkanes of at least 4 members (excludes halogenated alkanes) is 2. The molecule has 0 saturated heterocycles. The maximum Gasteiger partial charge on any atom is 0.227 e. The van der Waals surface area contributed by atoms with Gasteiger partial charge in [0.25, 0.3) is 0 Å². The van der Waals surface area contributed by atoms with E-state index in [1.807, 2.05) is 74.5 Å². The van der Waals surface area contributed by atoms with Crippen LogP contribution in [0.4, 0.5) is 45.5 Å². The molecule has 8 nitrogen and oxygen atoms in total. The number of nitrogens with one attached hydrogen (secondary N) is 2. The van der Waals surface area contributed by atoms with Gasteiger partial charge in [-0.1, -0.05) is 308 Å². The minimum Gasteiger partial charge on any atom is -0.851 e. The van der Waals surface area contributed by atoms with Crippen LogP contribution in [-0.4, -0.2) is 24.0 Å². The van der Waals surface area contributed by atoms with Crippen LogP contribution < -0.4 is 30.6 Å². The van der Waals surface area contributed by atoms with Gasteiger partial charge in [-0.3, -0.25) is 9.59 Å². The fourth-order valence-electron chi connectivity index (χ4n) is 17.5. The van der Waals surface area contributed by atoms with Crippen molar-refractivity contribution in [1.29, 1.82) is 0 Å². The highest BCUT2D eigenvalue weighted by molar-refractivity contribution is 5.98. The molecule has 0 aromatic heterocycles. The molecule has 2 N–H and O–H groups in total. The van der Waals surface area contributed by atoms with E-state index in [1.54, 1.807) is 0 Å². The first-order valence-electron chi connectivity index (χ1n) is 41.6. The molecule has 15 rings (SSSR count). The summed E-state index contributed by atoms with van der Waals surface area (Å²) < 4.78 is 0. The van der Waals surface area contributed by atoms with E-state index in [4.69, 9.17) is 0 Å². The minimum atomic E-state index is -1.47. The molecule has 2 atom stereocenters. The van der Waals surface area contributed by atoms with E-state index >= 15 is 19.8 Å². The van der Waals surface area contributed by atoms with Crippen molar-refractivity contribution in [2.75, 3.05) is 20.4 Å². The van der Waals surface area contributed by atoms with Gasteiger partial charge in [0.2, 0.25) is 11.8 Å². The lowest BCUT2D eigenvalue weighted by Gasteiger charge is -2.62. The van der Waals surface area contributed by atoms with Gasteiger partial charge >= 0.3 is 0 Å². The monoisotopic (exact) mass is 1520 g/mol. The summed E-state index contributed by atoms with van der Waals surface area (Å²) in [4.78, 5) is 34.7. The topological polar surface area (TPSA) is 111 Å². The van der Waals surface area contributed by atoms with Gasteiger partial charge in [0.15, 0.2) is 0 Å². The summed E-state index contributed by atoms with van der Waals surface area (Å²) in [5.74, 6) is -3.06. The molecular formula is C108H102N4O4-2. The van der Waals surface area contributed by atoms with Crippen molar-refractivity contribution in [3.63, 3.8) is 0 Å². The molecule has 14 aromatic carbocycles. The highest BCUT2D eigenvalue weighted by Crippen LogP contribution is 2.53. The second kappa shape index (κ2) is 35.9. The lowest BCUT2D eigenvalue weighted by Crippen LogP contribution is -2.63. The molecule has 2 unspecified atom stereocenters. The van der Waals surface area contributed by atoms with Crippen molar-refractivity contribution in [3.8, 4) is 89.0 Å². The molecule has 116 heavy (non-hydrogen) atoms. The van der Waals surface area contributed by atoms with Crippen LogP contribution in [-0.2, 0) is 9.59 Å². The van der Waals surface area contributed by atoms with Gasteiger partial charge < -0.3 is 30.6 Å². The van der Waals surface area contributed by atoms with E-state index in [2.05, 4.69) is 329 Å². The number of benzene rings is 14. The van der Waals surface area contributed by atoms with Gasteiger partial charge in [-0.05, 0) is 260 Å². The predicted octanol–water partition coefficient (Wildman–Crippen LogP) is 26.8. The second-order valence-electron chi connectivity index (χ2n) is 31.3. The number of aryl methyl sites for hydroxylation is 4. The molecule has 0 bridgehead atoms. The molecule has 1 aliphatic rings. The van der Waals surface area contributed by atoms with Crippen molar-refractivity contribution in [2.24, 2.45) is 11.8 Å². The van der Waals surface area contributed by atoms with Crippen molar-refractivity contribution in [3.05, 3.63) is 361 Å². The lowest BCUT2D eigenvalue weighted by atomic mass is 9.62. The van der Waals surface area contributed by atoms with E-state index in [0.29, 0.717) is 48.2 Å². The Morgan fingerprint density at radius 2 is 0.543 bits per heavy atom. The van der Waals surface area contributed by atoms with E-state index in [1.165, 1.54) is 0 Å². The molecule has 14 aromatic rings. The van der Waals surface area contributed by atoms with Crippen LogP contribution in [0.1, 0.15) is 124 Å². The van der Waals surface area contributed by atoms with Crippen molar-refractivity contribution >= 4 is 57.3 Å². The number of amides is 2. The van der Waals surface area contributed by atoms with Gasteiger partial charge in [0.05, 0.1) is 0 Å². The number of hydrogen-bond donors (Lipinski definition) is 2. The molecule has 1 saturated carbocycles. The zero-order chi connectivity index (χ0) is 80.3. The van der Waals surface area contributed by atoms with Gasteiger partial charge in [-0.25, -0.2) is 0 Å². The van der Waals surface area contributed by atoms with Crippen molar-refractivity contribution in [1.82, 2.24) is 0 Å². The van der Waals surface area contributed by atoms with Gasteiger partial charge in [0.1, 0.15) is 0 Å². The molecule has 1 fully saturated rings. The maximum absolute atomic E-state index is 16.1. The molecule has 8 heteroatoms. The molecular weight excluding hydrogens is 1420 g/mol. The Hall–Kier alpha value is -12.5. The SMILES string of the molecule is CCCCC(CC)C(=O)Nc1cc(N(c2ccc(-c3ccccc3-c3ccccc3)cc2C)c2ccc(-c3ccccc3-c3ccccc3)cc2C)ccc1C1C([O-])C(c2ccc(N(c3ccc(-c4ccccc4-c4ccccc4)cc3C)c3ccc(-c4ccccc4-c4ccccc4)cc3C)cc2NC(=O)C(CC)CCCC)C1[O-]. The van der Waals surface area contributed by atoms with Crippen LogP contribution in [0.3, 0.4) is 0 Å². The number of carbonyl (C=O) groups is 2. The number of hydrogen-bond acceptors (Lipinski definition) is 6. The van der Waals surface area contributed by atoms with Crippen LogP contribution in [0.5, 0.6) is 0 Å². The largest absolute Gasteiger partial charge is 0.851 e. The fraction of sp³-hybridized carbons (Fsp3) is 0.204. The third-order valence-corrected chi connectivity index (χ3v) is 23.8. The summed E-state index contributed by atoms with van der Waals surface area (Å²) in [6.07, 6.45) is 3.28. The molecule has 2 amide bonds. The number of rotatable bonds is 28. The quantitative estimate of drug-likeness (QED) is 0.0505. The molecule has 580 valence electrons. The molecule has 0 aliphatic heterocycles. The maximum atomic E-state index is 16.1. The third kappa shape index (κ3) is 16.5. The fourth-order valence-corrected chi connectivity index (χ4v) is 17.5. The number of carbonyl (C=O) groups excluding carboxylic acids is 2. The minimum absolute atomic E-state index is 0.149. The standard InChI is InChI=1S/C108H102N4O4/c1-9-13-35-75(11-3)107(115)109-97-69-85(111(99-61-53-81(65-71(99)5)91-49-31-27-45-87(91)77-37-19-15-20-38-77)100-62-54-82(66-72(100)6)92-50-32-28-46-88(92)78-39-21-16-22-40-78)57-59-95(97)103-105(113)104(106(103)114)96-60-58-86(70-98(96)110-108(116)76(12-4)36-14-10-2)112(101-63-55-83(67-73(101)7)93-51-33-29-47-89(93)79-41-23-17-24-42-79)102-64-56-84(68-74(102)8)94-52-34-30-48-90(94)80-43-25-18-26-44-80/h15-34,37-70,75-76,103-106H,9-14,35-36H2,1-8H3,(H,109,115)(H,110,116)/q-2. The Kier molecular flexibility index (Phi) is 24.4. The van der Waals surface area contributed by atoms with Crippen LogP contribution in [0.25, 0.3) is 89.0 Å². The highest BCUT2D eigenvalue weighted by Gasteiger charge is 2.42. The zero-order valence-corrected chi connectivity index (χ0v) is 67.8. The van der Waals surface area contributed by atoms with Crippen LogP contribution in [0, 0.1) is 39.5 Å². The highest BCUT2D eigenvalue weighted by atomic mass is 16.3. The summed E-state index contributed by atoms with van der Waals surface area (Å²) in [6, 6.07) is 114. The number of anilines is 8. The third-order valence-electron chi connectivity index (χ3n) is 23.8. The van der Waals surface area contributed by atoms with E-state index in [-0.39, 0.29) is 23.7 Å². The normalized spacial score (nSPS) is 14.9. The summed E-state index contributed by atoms with van der Waals surface area (Å²) in [5, 5.41) is 39.0. The Balaban J connectivity index is 0.852. The van der Waals surface area contributed by atoms with Crippen LogP contribution >= 0.6 is 0 Å². The van der Waals surface area contributed by atoms with Crippen LogP contribution in [0.2, 0.25) is 0 Å². The Morgan fingerprint density at radius 1 is 0.302 bits per heavy atom. The average Bonchev–Trinajstić information content (AvgIpc) is 0.725. The summed E-state index contributed by atoms with van der Waals surface area (Å²) in [5.41, 5.74) is 28.8. The molecule has 1 aliphatic carbocycles. The first-order valence-corrected chi connectivity index (χ1v) is 41.6. The second-order valence-corrected chi connectivity index (χ2v) is 31.3. The summed E-state index contributed by atoms with van der Waals surface area (Å²) in [7, 11) is 0. The van der Waals surface area contributed by atoms with Gasteiger partial charge in [-0.15, -0.1) is 12.2 Å². The van der Waals surface area contributed by atoms with Crippen molar-refractivity contribution in [2.45, 2.75) is 131 Å². The zero-order valence-electron chi connectivity index (χ0n) is 67.8. The van der Waals surface area contributed by atoms with Crippen molar-refractivity contribution < 1.29 is 19.8 Å². The lowest BCUT2D eigenvalue weighted by molar-refractivity contribution is -0.535. The molecule has 0 spiro atoms.